The first-order valence-corrected chi connectivity index (χ1v) is 19.3. The molecule has 0 radical (unpaired) electrons. The average Bonchev–Trinajstić information content (AvgIpc) is 3.68. The van der Waals surface area contributed by atoms with Crippen molar-refractivity contribution in [1.29, 1.82) is 0 Å². The lowest BCUT2D eigenvalue weighted by Crippen LogP contribution is -2.63. The van der Waals surface area contributed by atoms with Crippen molar-refractivity contribution in [2.75, 3.05) is 36.4 Å². The molecule has 1 unspecified atom stereocenters. The Morgan fingerprint density at radius 1 is 0.981 bits per heavy atom. The molecule has 12 nitrogen and oxygen atoms in total. The molecule has 4 aliphatic rings. The van der Waals surface area contributed by atoms with Crippen LogP contribution in [0.15, 0.2) is 53.6 Å². The van der Waals surface area contributed by atoms with E-state index in [9.17, 15) is 19.2 Å². The lowest BCUT2D eigenvalue weighted by atomic mass is 9.85. The molecule has 1 aliphatic carbocycles. The van der Waals surface area contributed by atoms with Gasteiger partial charge in [0.1, 0.15) is 17.1 Å². The second-order valence-corrected chi connectivity index (χ2v) is 15.6. The van der Waals surface area contributed by atoms with E-state index in [1.165, 1.54) is 6.92 Å². The van der Waals surface area contributed by atoms with Gasteiger partial charge in [-0.1, -0.05) is 37.1 Å². The number of halogens is 1. The molecule has 2 N–H and O–H groups in total. The first-order valence-electron chi connectivity index (χ1n) is 19.3. The first-order chi connectivity index (χ1) is 26.0. The predicted molar refractivity (Wildman–Crippen MR) is 204 cm³/mol. The van der Waals surface area contributed by atoms with Gasteiger partial charge in [-0.3, -0.25) is 34.0 Å². The van der Waals surface area contributed by atoms with E-state index < -0.39 is 5.67 Å². The maximum Gasteiger partial charge on any atom is 0.263 e. The molecule has 0 spiro atoms. The molecule has 3 saturated heterocycles. The largest absolute Gasteiger partial charge is 0.370 e. The van der Waals surface area contributed by atoms with Crippen molar-refractivity contribution in [2.24, 2.45) is 0 Å². The number of hydrogen-bond donors (Lipinski definition) is 2. The van der Waals surface area contributed by atoms with E-state index in [0.29, 0.717) is 73.2 Å². The van der Waals surface area contributed by atoms with Crippen molar-refractivity contribution in [3.63, 3.8) is 0 Å². The van der Waals surface area contributed by atoms with Gasteiger partial charge in [0.25, 0.3) is 5.56 Å². The van der Waals surface area contributed by atoms with Gasteiger partial charge >= 0.3 is 0 Å². The van der Waals surface area contributed by atoms with Crippen molar-refractivity contribution in [3.05, 3.63) is 81.4 Å². The maximum atomic E-state index is 15.7. The quantitative estimate of drug-likeness (QED) is 0.154. The van der Waals surface area contributed by atoms with Crippen LogP contribution in [0.5, 0.6) is 0 Å². The Labute approximate surface area is 313 Å². The SMILES string of the molecule is CC(=O)c1c(C)c2cnc(Nc3ccc(N4CCC(N5CC(F)(CCc6cccc(C7CCC(=O)NC7=O)c6)C5)CC4)cn3)nc2n(C2CCCC2)c1=O. The van der Waals surface area contributed by atoms with E-state index in [0.717, 1.165) is 68.4 Å². The fraction of sp³-hybridized carbons (Fsp3) is 0.488. The number of Topliss-reactive ketones (excluding diaryl/α,β-unsaturated/α-hetero) is 1. The summed E-state index contributed by atoms with van der Waals surface area (Å²) >= 11 is 0. The standard InChI is InChI=1S/C41H47FN8O4/c1-25-33-22-44-40(47-37(33)50(30-8-3-4-9-30)39(54)36(25)26(2)51)45-34-12-10-31(21-43-34)48-18-15-29(16-19-48)49-23-41(42,24-49)17-14-27-6-5-7-28(20-27)32-11-13-35(52)46-38(32)53/h5-7,10,12,20-22,29-30,32H,3-4,8-9,11,13-19,23-24H2,1-2H3,(H,46,52,53)(H,43,44,45,47). The Bertz CT molecular complexity index is 2150. The molecule has 1 atom stereocenters. The molecular formula is C41H47FN8O4. The molecule has 3 aromatic heterocycles. The van der Waals surface area contributed by atoms with Crippen molar-refractivity contribution in [2.45, 2.75) is 102 Å². The molecule has 4 aromatic rings. The van der Waals surface area contributed by atoms with Gasteiger partial charge in [-0.2, -0.15) is 4.98 Å². The summed E-state index contributed by atoms with van der Waals surface area (Å²) in [6, 6.07) is 12.1. The van der Waals surface area contributed by atoms with Crippen LogP contribution in [-0.4, -0.2) is 79.9 Å². The Balaban J connectivity index is 0.845. The van der Waals surface area contributed by atoms with Gasteiger partial charge in [-0.15, -0.1) is 0 Å². The second kappa shape index (κ2) is 14.7. The molecule has 1 saturated carbocycles. The molecule has 2 amide bonds. The van der Waals surface area contributed by atoms with Crippen LogP contribution in [0.4, 0.5) is 21.8 Å². The van der Waals surface area contributed by atoms with E-state index in [-0.39, 0.29) is 40.7 Å². The number of nitrogens with one attached hydrogen (secondary N) is 2. The molecule has 0 bridgehead atoms. The highest BCUT2D eigenvalue weighted by Crippen LogP contribution is 2.36. The third-order valence-corrected chi connectivity index (χ3v) is 12.0. The van der Waals surface area contributed by atoms with Crippen LogP contribution in [0, 0.1) is 6.92 Å². The van der Waals surface area contributed by atoms with Crippen molar-refractivity contribution in [1.82, 2.24) is 29.7 Å². The zero-order chi connectivity index (χ0) is 37.6. The fourth-order valence-electron chi connectivity index (χ4n) is 9.00. The number of aryl methyl sites for hydroxylation is 2. The number of imide groups is 1. The average molecular weight is 735 g/mol. The van der Waals surface area contributed by atoms with E-state index in [1.54, 1.807) is 17.7 Å². The molecule has 6 heterocycles. The summed E-state index contributed by atoms with van der Waals surface area (Å²) in [4.78, 5) is 68.4. The van der Waals surface area contributed by atoms with E-state index in [1.807, 2.05) is 42.6 Å². The number of fused-ring (bicyclic) bond motifs is 1. The van der Waals surface area contributed by atoms with Gasteiger partial charge in [-0.05, 0) is 87.6 Å². The topological polar surface area (TPSA) is 142 Å². The van der Waals surface area contributed by atoms with Crippen LogP contribution in [0.1, 0.15) is 104 Å². The summed E-state index contributed by atoms with van der Waals surface area (Å²) in [7, 11) is 0. The number of carbonyl (C=O) groups is 3. The number of benzene rings is 1. The highest BCUT2D eigenvalue weighted by Gasteiger charge is 2.46. The second-order valence-electron chi connectivity index (χ2n) is 15.6. The molecule has 3 aliphatic heterocycles. The minimum Gasteiger partial charge on any atom is -0.370 e. The van der Waals surface area contributed by atoms with Crippen LogP contribution in [0.25, 0.3) is 11.0 Å². The lowest BCUT2D eigenvalue weighted by Gasteiger charge is -2.50. The molecule has 282 valence electrons. The van der Waals surface area contributed by atoms with Gasteiger partial charge in [0.2, 0.25) is 17.8 Å². The number of alkyl halides is 1. The predicted octanol–water partition coefficient (Wildman–Crippen LogP) is 5.70. The normalized spacial score (nSPS) is 20.9. The fourth-order valence-corrected chi connectivity index (χ4v) is 9.00. The molecule has 8 rings (SSSR count). The number of piperidine rings is 2. The van der Waals surface area contributed by atoms with Crippen LogP contribution in [-0.2, 0) is 16.0 Å². The summed E-state index contributed by atoms with van der Waals surface area (Å²) in [5, 5.41) is 6.33. The van der Waals surface area contributed by atoms with Gasteiger partial charge in [0.15, 0.2) is 5.78 Å². The van der Waals surface area contributed by atoms with E-state index >= 15 is 4.39 Å². The number of nitrogens with zero attached hydrogens (tertiary/aromatic N) is 6. The minimum atomic E-state index is -1.21. The zero-order valence-corrected chi connectivity index (χ0v) is 30.9. The number of aromatic nitrogens is 4. The van der Waals surface area contributed by atoms with Crippen molar-refractivity contribution < 1.29 is 18.8 Å². The summed E-state index contributed by atoms with van der Waals surface area (Å²) in [5.41, 5.74) is 2.79. The first kappa shape index (κ1) is 36.0. The highest BCUT2D eigenvalue weighted by atomic mass is 19.1. The number of ketones is 1. The van der Waals surface area contributed by atoms with Gasteiger partial charge in [0, 0.05) is 56.3 Å². The summed E-state index contributed by atoms with van der Waals surface area (Å²) in [5.74, 6) is -0.132. The Hall–Kier alpha value is -5.04. The summed E-state index contributed by atoms with van der Waals surface area (Å²) in [6.07, 6.45) is 11.2. The number of anilines is 3. The number of rotatable bonds is 10. The van der Waals surface area contributed by atoms with Gasteiger partial charge in [0.05, 0.1) is 23.4 Å². The molecule has 13 heteroatoms. The van der Waals surface area contributed by atoms with Gasteiger partial charge < -0.3 is 10.2 Å². The lowest BCUT2D eigenvalue weighted by molar-refractivity contribution is -0.134. The molecule has 4 fully saturated rings. The van der Waals surface area contributed by atoms with Crippen LogP contribution in [0.2, 0.25) is 0 Å². The number of amides is 2. The third-order valence-electron chi connectivity index (χ3n) is 12.0. The Morgan fingerprint density at radius 2 is 1.76 bits per heavy atom. The maximum absolute atomic E-state index is 15.7. The number of hydrogen-bond acceptors (Lipinski definition) is 10. The minimum absolute atomic E-state index is 0.00651. The Morgan fingerprint density at radius 3 is 2.46 bits per heavy atom. The van der Waals surface area contributed by atoms with E-state index in [2.05, 4.69) is 30.4 Å². The number of pyridine rings is 2. The number of carbonyl (C=O) groups excluding carboxylic acids is 3. The van der Waals surface area contributed by atoms with Crippen LogP contribution >= 0.6 is 0 Å². The molecule has 54 heavy (non-hydrogen) atoms. The monoisotopic (exact) mass is 734 g/mol. The smallest absolute Gasteiger partial charge is 0.263 e. The molecule has 1 aromatic carbocycles. The van der Waals surface area contributed by atoms with Gasteiger partial charge in [-0.25, -0.2) is 14.4 Å². The number of likely N-dealkylation sites (tertiary alicyclic amines) is 1. The third kappa shape index (κ3) is 7.13. The van der Waals surface area contributed by atoms with Crippen LogP contribution < -0.4 is 21.1 Å². The highest BCUT2D eigenvalue weighted by molar-refractivity contribution is 6.01. The Kier molecular flexibility index (Phi) is 9.76. The van der Waals surface area contributed by atoms with Crippen molar-refractivity contribution in [3.8, 4) is 0 Å². The van der Waals surface area contributed by atoms with Crippen LogP contribution in [0.3, 0.4) is 0 Å². The zero-order valence-electron chi connectivity index (χ0n) is 30.9. The summed E-state index contributed by atoms with van der Waals surface area (Å²) in [6.45, 7) is 5.82. The van der Waals surface area contributed by atoms with Crippen molar-refractivity contribution >= 4 is 46.1 Å². The van der Waals surface area contributed by atoms with E-state index in [4.69, 9.17) is 4.98 Å². The molecular weight excluding hydrogens is 688 g/mol. The summed E-state index contributed by atoms with van der Waals surface area (Å²) < 4.78 is 17.4.